The number of rotatable bonds is 6. The van der Waals surface area contributed by atoms with Crippen molar-refractivity contribution in [2.45, 2.75) is 12.8 Å². The molecule has 2 aromatic carbocycles. The summed E-state index contributed by atoms with van der Waals surface area (Å²) in [4.78, 5) is 0. The van der Waals surface area contributed by atoms with Crippen LogP contribution in [0.2, 0.25) is 20.1 Å². The zero-order valence-electron chi connectivity index (χ0n) is 12.2. The van der Waals surface area contributed by atoms with Crippen molar-refractivity contribution in [3.8, 4) is 0 Å². The number of allylic oxidation sites excluding steroid dienone is 2. The van der Waals surface area contributed by atoms with Gasteiger partial charge in [0.05, 0.1) is 0 Å². The molecule has 0 N–H and O–H groups in total. The molecule has 0 saturated carbocycles. The van der Waals surface area contributed by atoms with E-state index in [4.69, 9.17) is 46.4 Å². The van der Waals surface area contributed by atoms with Crippen molar-refractivity contribution in [3.05, 3.63) is 80.8 Å². The van der Waals surface area contributed by atoms with Gasteiger partial charge >= 0.3 is 164 Å². The molecule has 23 heavy (non-hydrogen) atoms. The second kappa shape index (κ2) is 8.62. The summed E-state index contributed by atoms with van der Waals surface area (Å²) < 4.78 is 2.22. The van der Waals surface area contributed by atoms with Crippen LogP contribution in [0, 0.1) is 0 Å². The van der Waals surface area contributed by atoms with E-state index < -0.39 is 0 Å². The Bertz CT molecular complexity index is 690. The summed E-state index contributed by atoms with van der Waals surface area (Å²) in [5.74, 6) is 0. The fraction of sp³-hybridized carbons (Fsp3) is 0.111. The molecule has 0 nitrogen and oxygen atoms in total. The normalized spacial score (nSPS) is 10.6. The number of benzene rings is 2. The van der Waals surface area contributed by atoms with E-state index in [2.05, 4.69) is 13.2 Å². The molecule has 2 aromatic rings. The Morgan fingerprint density at radius 1 is 0.739 bits per heavy atom. The average Bonchev–Trinajstić information content (AvgIpc) is 2.46. The van der Waals surface area contributed by atoms with Gasteiger partial charge in [0, 0.05) is 0 Å². The number of hydrogen-bond donors (Lipinski definition) is 0. The monoisotopic (exact) mass is 450 g/mol. The van der Waals surface area contributed by atoms with Crippen molar-refractivity contribution in [3.63, 3.8) is 0 Å². The van der Waals surface area contributed by atoms with Gasteiger partial charge in [0.15, 0.2) is 0 Å². The standard InChI is InChI=1S/C18H14Cl4Se/c1-3-5-13-15(21)7-11(19)9-17(13)23-18-10-12(20)8-16(22)14(18)6-4-2/h3-4,7-10H,1-2,5-6H2. The molecule has 0 fully saturated rings. The van der Waals surface area contributed by atoms with Crippen molar-refractivity contribution >= 4 is 70.3 Å². The van der Waals surface area contributed by atoms with Gasteiger partial charge in [-0.25, -0.2) is 0 Å². The third-order valence-corrected chi connectivity index (χ3v) is 6.72. The minimum atomic E-state index is -0.0280. The van der Waals surface area contributed by atoms with Crippen LogP contribution in [0.5, 0.6) is 0 Å². The van der Waals surface area contributed by atoms with E-state index in [0.717, 1.165) is 20.1 Å². The molecule has 2 rings (SSSR count). The van der Waals surface area contributed by atoms with Crippen LogP contribution in [0.4, 0.5) is 0 Å². The maximum absolute atomic E-state index is 6.35. The van der Waals surface area contributed by atoms with E-state index >= 15 is 0 Å². The van der Waals surface area contributed by atoms with Gasteiger partial charge in [-0.3, -0.25) is 0 Å². The predicted molar refractivity (Wildman–Crippen MR) is 106 cm³/mol. The van der Waals surface area contributed by atoms with Gasteiger partial charge in [-0.05, 0) is 0 Å². The summed E-state index contributed by atoms with van der Waals surface area (Å²) >= 11 is 25.0. The van der Waals surface area contributed by atoms with Crippen molar-refractivity contribution in [1.29, 1.82) is 0 Å². The second-order valence-electron chi connectivity index (χ2n) is 4.82. The second-order valence-corrected chi connectivity index (χ2v) is 8.78. The van der Waals surface area contributed by atoms with Crippen LogP contribution in [0.15, 0.2) is 49.6 Å². The zero-order valence-corrected chi connectivity index (χ0v) is 16.9. The third-order valence-electron chi connectivity index (χ3n) is 3.16. The molecule has 0 radical (unpaired) electrons. The molecule has 0 atom stereocenters. The number of halogens is 4. The van der Waals surface area contributed by atoms with Crippen LogP contribution in [0.1, 0.15) is 11.1 Å². The molecule has 120 valence electrons. The van der Waals surface area contributed by atoms with Gasteiger partial charge in [0.1, 0.15) is 0 Å². The summed E-state index contributed by atoms with van der Waals surface area (Å²) in [5, 5.41) is 2.57. The van der Waals surface area contributed by atoms with Crippen LogP contribution >= 0.6 is 46.4 Å². The van der Waals surface area contributed by atoms with E-state index in [1.165, 1.54) is 0 Å². The minimum absolute atomic E-state index is 0.0280. The molecule has 0 spiro atoms. The summed E-state index contributed by atoms with van der Waals surface area (Å²) in [6.07, 6.45) is 5.06. The quantitative estimate of drug-likeness (QED) is 0.407. The molecular weight excluding hydrogens is 437 g/mol. The molecule has 0 bridgehead atoms. The Labute approximate surface area is 163 Å². The van der Waals surface area contributed by atoms with Crippen LogP contribution in [-0.4, -0.2) is 15.0 Å². The van der Waals surface area contributed by atoms with Crippen LogP contribution in [0.25, 0.3) is 0 Å². The van der Waals surface area contributed by atoms with Gasteiger partial charge in [-0.1, -0.05) is 0 Å². The third kappa shape index (κ3) is 4.79. The Kier molecular flexibility index (Phi) is 7.10. The first-order valence-electron chi connectivity index (χ1n) is 6.81. The zero-order chi connectivity index (χ0) is 17.0. The molecule has 0 amide bonds. The van der Waals surface area contributed by atoms with Crippen molar-refractivity contribution in [2.75, 3.05) is 0 Å². The van der Waals surface area contributed by atoms with E-state index in [-0.39, 0.29) is 15.0 Å². The van der Waals surface area contributed by atoms with Crippen molar-refractivity contribution in [1.82, 2.24) is 0 Å². The fourth-order valence-corrected chi connectivity index (χ4v) is 6.44. The molecule has 0 aliphatic heterocycles. The molecule has 0 aliphatic rings. The molecule has 0 aliphatic carbocycles. The van der Waals surface area contributed by atoms with Gasteiger partial charge in [0.25, 0.3) is 0 Å². The Morgan fingerprint density at radius 2 is 1.13 bits per heavy atom. The summed E-state index contributed by atoms with van der Waals surface area (Å²) in [7, 11) is 0. The first kappa shape index (κ1) is 18.9. The van der Waals surface area contributed by atoms with Crippen molar-refractivity contribution in [2.24, 2.45) is 0 Å². The summed E-state index contributed by atoms with van der Waals surface area (Å²) in [6.45, 7) is 7.61. The van der Waals surface area contributed by atoms with Crippen LogP contribution in [-0.2, 0) is 12.8 Å². The molecule has 0 heterocycles. The Morgan fingerprint density at radius 3 is 1.48 bits per heavy atom. The summed E-state index contributed by atoms with van der Waals surface area (Å²) in [6, 6.07) is 7.44. The van der Waals surface area contributed by atoms with E-state index in [1.54, 1.807) is 12.1 Å². The van der Waals surface area contributed by atoms with Gasteiger partial charge in [-0.15, -0.1) is 0 Å². The molecule has 0 saturated heterocycles. The molecular formula is C18H14Cl4Se. The average molecular weight is 451 g/mol. The van der Waals surface area contributed by atoms with Gasteiger partial charge < -0.3 is 0 Å². The topological polar surface area (TPSA) is 0 Å². The van der Waals surface area contributed by atoms with Crippen molar-refractivity contribution < 1.29 is 0 Å². The van der Waals surface area contributed by atoms with E-state index in [9.17, 15) is 0 Å². The van der Waals surface area contributed by atoms with E-state index in [0.29, 0.717) is 32.9 Å². The molecule has 5 heteroatoms. The summed E-state index contributed by atoms with van der Waals surface area (Å²) in [5.41, 5.74) is 2.10. The Balaban J connectivity index is 2.54. The molecule has 0 aromatic heterocycles. The number of hydrogen-bond acceptors (Lipinski definition) is 0. The van der Waals surface area contributed by atoms with Crippen LogP contribution in [0.3, 0.4) is 0 Å². The fourth-order valence-electron chi connectivity index (χ4n) is 2.15. The SMILES string of the molecule is C=CCc1c(Cl)cc(Cl)cc1[Se]c1cc(Cl)cc(Cl)c1CC=C. The molecule has 0 unspecified atom stereocenters. The van der Waals surface area contributed by atoms with Crippen LogP contribution < -0.4 is 8.92 Å². The first-order chi connectivity index (χ1) is 11.0. The predicted octanol–water partition coefficient (Wildman–Crippen LogP) is 5.41. The Hall–Kier alpha value is -0.401. The maximum atomic E-state index is 6.35. The van der Waals surface area contributed by atoms with E-state index in [1.807, 2.05) is 24.3 Å². The first-order valence-corrected chi connectivity index (χ1v) is 10.0. The van der Waals surface area contributed by atoms with Gasteiger partial charge in [-0.2, -0.15) is 0 Å². The van der Waals surface area contributed by atoms with Gasteiger partial charge in [0.2, 0.25) is 0 Å².